The topological polar surface area (TPSA) is 48.3 Å². The van der Waals surface area contributed by atoms with Gasteiger partial charge in [-0.3, -0.25) is 4.79 Å². The van der Waals surface area contributed by atoms with E-state index >= 15 is 0 Å². The van der Waals surface area contributed by atoms with Crippen LogP contribution >= 0.6 is 0 Å². The van der Waals surface area contributed by atoms with E-state index in [-0.39, 0.29) is 5.78 Å². The summed E-state index contributed by atoms with van der Waals surface area (Å²) in [6.45, 7) is 18.8. The van der Waals surface area contributed by atoms with Gasteiger partial charge in [-0.05, 0) is 33.0 Å². The van der Waals surface area contributed by atoms with Crippen molar-refractivity contribution >= 4 is 17.5 Å². The van der Waals surface area contributed by atoms with Crippen LogP contribution in [0.2, 0.25) is 0 Å². The molecule has 1 aromatic rings. The number of nitrogens with zero attached hydrogens (tertiary/aromatic N) is 4. The van der Waals surface area contributed by atoms with Crippen LogP contribution in [0.15, 0.2) is 82.5 Å². The molecule has 0 bridgehead atoms. The summed E-state index contributed by atoms with van der Waals surface area (Å²) in [6.07, 6.45) is 1.93. The van der Waals surface area contributed by atoms with Gasteiger partial charge in [-0.15, -0.1) is 13.2 Å². The highest BCUT2D eigenvalue weighted by atomic mass is 16.1. The minimum Gasteiger partial charge on any atom is -0.343 e. The van der Waals surface area contributed by atoms with Crippen molar-refractivity contribution in [2.24, 2.45) is 9.98 Å². The van der Waals surface area contributed by atoms with E-state index in [4.69, 9.17) is 9.98 Å². The van der Waals surface area contributed by atoms with E-state index < -0.39 is 0 Å². The lowest BCUT2D eigenvalue weighted by Crippen LogP contribution is -2.33. The van der Waals surface area contributed by atoms with Gasteiger partial charge in [0, 0.05) is 31.3 Å². The molecule has 0 fully saturated rings. The Bertz CT molecular complexity index is 965. The summed E-state index contributed by atoms with van der Waals surface area (Å²) in [6, 6.07) is 7.63. The molecule has 30 heavy (non-hydrogen) atoms. The number of allylic oxidation sites excluding steroid dienone is 5. The Morgan fingerprint density at radius 3 is 2.30 bits per heavy atom. The highest BCUT2D eigenvalue weighted by Gasteiger charge is 2.35. The van der Waals surface area contributed by atoms with E-state index in [2.05, 4.69) is 38.6 Å². The predicted molar refractivity (Wildman–Crippen MR) is 127 cm³/mol. The van der Waals surface area contributed by atoms with Crippen LogP contribution in [0.5, 0.6) is 0 Å². The number of fused-ring (bicyclic) bond motifs is 3. The summed E-state index contributed by atoms with van der Waals surface area (Å²) < 4.78 is 0. The van der Waals surface area contributed by atoms with Gasteiger partial charge in [-0.1, -0.05) is 49.4 Å². The molecule has 2 aliphatic rings. The Kier molecular flexibility index (Phi) is 7.84. The van der Waals surface area contributed by atoms with Gasteiger partial charge < -0.3 is 9.80 Å². The number of hydrogen-bond donors (Lipinski definition) is 0. The Morgan fingerprint density at radius 2 is 1.73 bits per heavy atom. The Labute approximate surface area is 180 Å². The molecule has 0 amide bonds. The van der Waals surface area contributed by atoms with Gasteiger partial charge >= 0.3 is 0 Å². The number of carbonyl (C=O) groups excluding carboxylic acids is 1. The summed E-state index contributed by atoms with van der Waals surface area (Å²) in [5.41, 5.74) is 5.23. The molecule has 0 atom stereocenters. The van der Waals surface area contributed by atoms with E-state index in [1.54, 1.807) is 0 Å². The number of hydrogen-bond acceptors (Lipinski definition) is 5. The maximum Gasteiger partial charge on any atom is 0.226 e. The van der Waals surface area contributed by atoms with Gasteiger partial charge in [-0.2, -0.15) is 0 Å². The first-order valence-electron chi connectivity index (χ1n) is 10.2. The zero-order valence-electron chi connectivity index (χ0n) is 18.8. The van der Waals surface area contributed by atoms with Gasteiger partial charge in [-0.25, -0.2) is 9.98 Å². The van der Waals surface area contributed by atoms with E-state index in [9.17, 15) is 4.79 Å². The van der Waals surface area contributed by atoms with Crippen LogP contribution in [0.3, 0.4) is 0 Å². The minimum atomic E-state index is -0.0148. The molecule has 0 spiro atoms. The summed E-state index contributed by atoms with van der Waals surface area (Å²) in [4.78, 5) is 27.2. The zero-order valence-corrected chi connectivity index (χ0v) is 18.8. The third-order valence-electron chi connectivity index (χ3n) is 5.25. The molecule has 158 valence electrons. The molecule has 5 heteroatoms. The maximum atomic E-state index is 13.3. The van der Waals surface area contributed by atoms with E-state index in [0.717, 1.165) is 42.1 Å². The molecule has 5 nitrogen and oxygen atoms in total. The SMILES string of the molecule is C=C.C=C(C)/C(=C\C)C1=C2N=C(N(C)CCN(C)CC)N=C2c2ccccc2C1=O. The molecule has 1 heterocycles. The number of ketones is 1. The Hall–Kier alpha value is -3.05. The van der Waals surface area contributed by atoms with Crippen molar-refractivity contribution in [3.8, 4) is 0 Å². The van der Waals surface area contributed by atoms with Gasteiger partial charge in [0.05, 0.1) is 5.57 Å². The predicted octanol–water partition coefficient (Wildman–Crippen LogP) is 4.50. The Balaban J connectivity index is 0.00000155. The van der Waals surface area contributed by atoms with Crippen LogP contribution in [0.25, 0.3) is 0 Å². The van der Waals surface area contributed by atoms with Crippen molar-refractivity contribution < 1.29 is 4.79 Å². The fraction of sp³-hybridized carbons (Fsp3) is 0.320. The fourth-order valence-electron chi connectivity index (χ4n) is 3.43. The molecule has 0 N–H and O–H groups in total. The van der Waals surface area contributed by atoms with Gasteiger partial charge in [0.15, 0.2) is 5.78 Å². The molecule has 3 rings (SSSR count). The normalized spacial score (nSPS) is 15.1. The summed E-state index contributed by atoms with van der Waals surface area (Å²) >= 11 is 0. The average Bonchev–Trinajstić information content (AvgIpc) is 3.21. The third kappa shape index (κ3) is 4.41. The van der Waals surface area contributed by atoms with Gasteiger partial charge in [0.25, 0.3) is 0 Å². The number of guanidine groups is 1. The summed E-state index contributed by atoms with van der Waals surface area (Å²) in [5.74, 6) is 0.632. The van der Waals surface area contributed by atoms with Crippen LogP contribution < -0.4 is 0 Å². The van der Waals surface area contributed by atoms with Crippen LogP contribution in [0.1, 0.15) is 36.7 Å². The molecule has 0 unspecified atom stereocenters. The molecule has 0 saturated heterocycles. The second-order valence-corrected chi connectivity index (χ2v) is 7.27. The molecule has 0 saturated carbocycles. The van der Waals surface area contributed by atoms with Crippen LogP contribution in [0.4, 0.5) is 0 Å². The van der Waals surface area contributed by atoms with Crippen LogP contribution in [0, 0.1) is 0 Å². The lowest BCUT2D eigenvalue weighted by Gasteiger charge is -2.21. The monoisotopic (exact) mass is 404 g/mol. The van der Waals surface area contributed by atoms with E-state index in [1.807, 2.05) is 56.1 Å². The average molecular weight is 405 g/mol. The maximum absolute atomic E-state index is 13.3. The molecule has 1 aromatic carbocycles. The fourth-order valence-corrected chi connectivity index (χ4v) is 3.43. The van der Waals surface area contributed by atoms with Crippen molar-refractivity contribution in [2.75, 3.05) is 33.7 Å². The minimum absolute atomic E-state index is 0.0148. The highest BCUT2D eigenvalue weighted by molar-refractivity contribution is 6.33. The molecule has 1 aliphatic heterocycles. The first-order chi connectivity index (χ1) is 14.4. The van der Waals surface area contributed by atoms with E-state index in [0.29, 0.717) is 22.8 Å². The van der Waals surface area contributed by atoms with Crippen molar-refractivity contribution in [1.82, 2.24) is 9.80 Å². The van der Waals surface area contributed by atoms with Crippen molar-refractivity contribution in [1.29, 1.82) is 0 Å². The van der Waals surface area contributed by atoms with E-state index in [1.165, 1.54) is 0 Å². The van der Waals surface area contributed by atoms with Crippen LogP contribution in [-0.4, -0.2) is 61.0 Å². The number of Topliss-reactive ketones (excluding diaryl/α,β-unsaturated/α-hetero) is 1. The van der Waals surface area contributed by atoms with Crippen molar-refractivity contribution in [3.05, 3.63) is 83.6 Å². The second-order valence-electron chi connectivity index (χ2n) is 7.27. The molecular weight excluding hydrogens is 372 g/mol. The third-order valence-corrected chi connectivity index (χ3v) is 5.25. The van der Waals surface area contributed by atoms with Gasteiger partial charge in [0.1, 0.15) is 11.4 Å². The summed E-state index contributed by atoms with van der Waals surface area (Å²) in [7, 11) is 4.09. The molecule has 0 radical (unpaired) electrons. The highest BCUT2D eigenvalue weighted by Crippen LogP contribution is 2.36. The number of aliphatic imine (C=N–C) groups is 2. The zero-order chi connectivity index (χ0) is 22.4. The number of likely N-dealkylation sites (N-methyl/N-ethyl adjacent to an activating group) is 2. The lowest BCUT2D eigenvalue weighted by molar-refractivity contribution is 0.103. The molecular formula is C25H32N4O. The number of carbonyl (C=O) groups is 1. The first kappa shape index (κ1) is 23.2. The molecule has 1 aliphatic carbocycles. The van der Waals surface area contributed by atoms with Crippen LogP contribution in [-0.2, 0) is 0 Å². The lowest BCUT2D eigenvalue weighted by atomic mass is 9.82. The van der Waals surface area contributed by atoms with Gasteiger partial charge in [0.2, 0.25) is 5.96 Å². The quantitative estimate of drug-likeness (QED) is 0.518. The largest absolute Gasteiger partial charge is 0.343 e. The molecule has 0 aromatic heterocycles. The standard InChI is InChI=1S/C23H28N4O.C2H4/c1-7-16(15(3)4)19-21-20(17-11-9-10-12-18(17)22(19)28)24-23(25-21)27(6)14-13-26(5)8-2;1-2/h7,9-12H,3,8,13-14H2,1-2,4-6H3;1-2H2/b16-7+;. The second kappa shape index (κ2) is 10.1. The number of rotatable bonds is 6. The van der Waals surface area contributed by atoms with Crippen molar-refractivity contribution in [2.45, 2.75) is 20.8 Å². The summed E-state index contributed by atoms with van der Waals surface area (Å²) in [5, 5.41) is 0. The Morgan fingerprint density at radius 1 is 1.10 bits per heavy atom. The van der Waals surface area contributed by atoms with Crippen molar-refractivity contribution in [3.63, 3.8) is 0 Å². The first-order valence-corrected chi connectivity index (χ1v) is 10.2. The smallest absolute Gasteiger partial charge is 0.226 e. The number of benzene rings is 1.